The summed E-state index contributed by atoms with van der Waals surface area (Å²) in [5, 5.41) is 6.74. The lowest BCUT2D eigenvalue weighted by molar-refractivity contribution is 1.61. The molecule has 0 aliphatic rings. The molecule has 0 nitrogen and oxygen atoms in total. The predicted molar refractivity (Wildman–Crippen MR) is 176 cm³/mol. The van der Waals surface area contributed by atoms with Crippen LogP contribution in [0.25, 0.3) is 64.3 Å². The Bertz CT molecular complexity index is 1970. The fraction of sp³-hybridized carbons (Fsp3) is 0.0811. The summed E-state index contributed by atoms with van der Waals surface area (Å²) in [6.45, 7) is 7.20. The third kappa shape index (κ3) is 4.50. The van der Waals surface area contributed by atoms with Gasteiger partial charge in [-0.15, -0.1) is 11.3 Å². The molecule has 0 fully saturated rings. The van der Waals surface area contributed by atoms with Crippen molar-refractivity contribution in [3.05, 3.63) is 127 Å². The van der Waals surface area contributed by atoms with Gasteiger partial charge < -0.3 is 0 Å². The third-order valence-electron chi connectivity index (χ3n) is 7.85. The normalized spacial score (nSPS) is 12.0. The molecule has 0 saturated carbocycles. The van der Waals surface area contributed by atoms with E-state index in [1.807, 2.05) is 11.3 Å². The first-order valence-electron chi connectivity index (χ1n) is 13.6. The summed E-state index contributed by atoms with van der Waals surface area (Å²) in [7, 11) is -1.29. The molecule has 7 aromatic rings. The Kier molecular flexibility index (Phi) is 5.77. The van der Waals surface area contributed by atoms with Crippen molar-refractivity contribution in [3.8, 4) is 33.4 Å². The van der Waals surface area contributed by atoms with E-state index in [1.165, 1.54) is 69.5 Å². The van der Waals surface area contributed by atoms with Gasteiger partial charge in [-0.3, -0.25) is 0 Å². The molecule has 0 saturated heterocycles. The third-order valence-corrected chi connectivity index (χ3v) is 11.1. The Balaban J connectivity index is 1.20. The van der Waals surface area contributed by atoms with E-state index in [0.29, 0.717) is 0 Å². The van der Waals surface area contributed by atoms with E-state index in [1.54, 1.807) is 0 Å². The minimum atomic E-state index is -1.29. The SMILES string of the molecule is C[Si](C)(C)c1ccc(-c2ccc3ccc(-c4ccc(-c5ccc6sc7ccccc7c6c5)cc4)cc3c2)cc1. The smallest absolute Gasteiger partial charge is 0.0775 e. The summed E-state index contributed by atoms with van der Waals surface area (Å²) < 4.78 is 2.70. The van der Waals surface area contributed by atoms with Crippen molar-refractivity contribution in [2.45, 2.75) is 19.6 Å². The summed E-state index contributed by atoms with van der Waals surface area (Å²) in [6.07, 6.45) is 0. The Morgan fingerprint density at radius 3 is 1.51 bits per heavy atom. The van der Waals surface area contributed by atoms with Gasteiger partial charge in [0, 0.05) is 20.2 Å². The molecule has 1 aromatic heterocycles. The van der Waals surface area contributed by atoms with Crippen LogP contribution in [0.1, 0.15) is 0 Å². The summed E-state index contributed by atoms with van der Waals surface area (Å²) in [4.78, 5) is 0. The van der Waals surface area contributed by atoms with Crippen LogP contribution in [-0.4, -0.2) is 8.07 Å². The molecule has 0 aliphatic carbocycles. The molecule has 6 aromatic carbocycles. The average Bonchev–Trinajstić information content (AvgIpc) is 3.34. The van der Waals surface area contributed by atoms with Gasteiger partial charge in [0.2, 0.25) is 0 Å². The van der Waals surface area contributed by atoms with Gasteiger partial charge in [-0.05, 0) is 74.5 Å². The number of rotatable bonds is 4. The molecule has 0 bridgehead atoms. The number of thiophene rings is 1. The monoisotopic (exact) mass is 534 g/mol. The zero-order valence-corrected chi connectivity index (χ0v) is 24.3. The molecule has 39 heavy (non-hydrogen) atoms. The summed E-state index contributed by atoms with van der Waals surface area (Å²) in [6, 6.07) is 47.4. The maximum atomic E-state index is 2.40. The lowest BCUT2D eigenvalue weighted by Crippen LogP contribution is -2.37. The molecular weight excluding hydrogens is 505 g/mol. The van der Waals surface area contributed by atoms with Gasteiger partial charge in [-0.25, -0.2) is 0 Å². The van der Waals surface area contributed by atoms with Crippen LogP contribution >= 0.6 is 11.3 Å². The molecule has 0 unspecified atom stereocenters. The van der Waals surface area contributed by atoms with Gasteiger partial charge >= 0.3 is 0 Å². The zero-order chi connectivity index (χ0) is 26.6. The lowest BCUT2D eigenvalue weighted by atomic mass is 9.96. The van der Waals surface area contributed by atoms with Crippen molar-refractivity contribution < 1.29 is 0 Å². The Morgan fingerprint density at radius 1 is 0.410 bits per heavy atom. The number of fused-ring (bicyclic) bond motifs is 4. The van der Waals surface area contributed by atoms with Crippen molar-refractivity contribution in [1.29, 1.82) is 0 Å². The van der Waals surface area contributed by atoms with Crippen LogP contribution < -0.4 is 5.19 Å². The maximum Gasteiger partial charge on any atom is 0.0775 e. The molecule has 0 N–H and O–H groups in total. The molecule has 0 radical (unpaired) electrons. The van der Waals surface area contributed by atoms with E-state index in [2.05, 4.69) is 147 Å². The molecular formula is C37H30SSi. The highest BCUT2D eigenvalue weighted by Crippen LogP contribution is 2.37. The molecule has 1 heterocycles. The van der Waals surface area contributed by atoms with Gasteiger partial charge in [-0.1, -0.05) is 122 Å². The van der Waals surface area contributed by atoms with Crippen LogP contribution in [0.5, 0.6) is 0 Å². The van der Waals surface area contributed by atoms with Crippen molar-refractivity contribution in [2.75, 3.05) is 0 Å². The second-order valence-corrected chi connectivity index (χ2v) is 17.7. The van der Waals surface area contributed by atoms with E-state index >= 15 is 0 Å². The van der Waals surface area contributed by atoms with E-state index < -0.39 is 8.07 Å². The van der Waals surface area contributed by atoms with Gasteiger partial charge in [0.05, 0.1) is 8.07 Å². The van der Waals surface area contributed by atoms with Crippen molar-refractivity contribution in [1.82, 2.24) is 0 Å². The second kappa shape index (κ2) is 9.34. The molecule has 0 spiro atoms. The largest absolute Gasteiger partial charge is 0.135 e. The van der Waals surface area contributed by atoms with Gasteiger partial charge in [0.1, 0.15) is 0 Å². The van der Waals surface area contributed by atoms with Crippen LogP contribution in [0.2, 0.25) is 19.6 Å². The van der Waals surface area contributed by atoms with Gasteiger partial charge in [0.25, 0.3) is 0 Å². The number of hydrogen-bond acceptors (Lipinski definition) is 1. The van der Waals surface area contributed by atoms with E-state index in [0.717, 1.165) is 0 Å². The van der Waals surface area contributed by atoms with Gasteiger partial charge in [-0.2, -0.15) is 0 Å². The second-order valence-electron chi connectivity index (χ2n) is 11.5. The quantitative estimate of drug-likeness (QED) is 0.197. The highest BCUT2D eigenvalue weighted by Gasteiger charge is 2.16. The molecule has 0 amide bonds. The highest BCUT2D eigenvalue weighted by atomic mass is 32.1. The fourth-order valence-corrected chi connectivity index (χ4v) is 7.78. The molecule has 0 atom stereocenters. The Hall–Kier alpha value is -3.98. The maximum absolute atomic E-state index is 2.40. The Morgan fingerprint density at radius 2 is 0.897 bits per heavy atom. The standard InChI is InChI=1S/C37H30SSi/c1-39(2,3)33-19-16-27(17-20-33)30-15-13-28-12-14-29(22-32(28)23-30)25-8-10-26(11-9-25)31-18-21-37-35(24-31)34-6-4-5-7-36(34)38-37/h4-24H,1-3H3. The van der Waals surface area contributed by atoms with Crippen LogP contribution in [-0.2, 0) is 0 Å². The first kappa shape index (κ1) is 24.1. The molecule has 0 aliphatic heterocycles. The van der Waals surface area contributed by atoms with Crippen LogP contribution in [0.4, 0.5) is 0 Å². The first-order chi connectivity index (χ1) is 18.9. The fourth-order valence-electron chi connectivity index (χ4n) is 5.53. The van der Waals surface area contributed by atoms with Crippen molar-refractivity contribution >= 4 is 55.5 Å². The van der Waals surface area contributed by atoms with Crippen molar-refractivity contribution in [3.63, 3.8) is 0 Å². The summed E-state index contributed by atoms with van der Waals surface area (Å²) in [5.74, 6) is 0. The van der Waals surface area contributed by atoms with E-state index in [-0.39, 0.29) is 0 Å². The topological polar surface area (TPSA) is 0 Å². The lowest BCUT2D eigenvalue weighted by Gasteiger charge is -2.17. The predicted octanol–water partition coefficient (Wildman–Crippen LogP) is 10.8. The van der Waals surface area contributed by atoms with E-state index in [4.69, 9.17) is 0 Å². The van der Waals surface area contributed by atoms with Crippen LogP contribution in [0.3, 0.4) is 0 Å². The Labute approximate surface area is 235 Å². The first-order valence-corrected chi connectivity index (χ1v) is 17.9. The highest BCUT2D eigenvalue weighted by molar-refractivity contribution is 7.25. The van der Waals surface area contributed by atoms with Crippen LogP contribution in [0.15, 0.2) is 127 Å². The van der Waals surface area contributed by atoms with Gasteiger partial charge in [0.15, 0.2) is 0 Å². The average molecular weight is 535 g/mol. The zero-order valence-electron chi connectivity index (χ0n) is 22.5. The van der Waals surface area contributed by atoms with E-state index in [9.17, 15) is 0 Å². The molecule has 2 heteroatoms. The summed E-state index contributed by atoms with van der Waals surface area (Å²) in [5.41, 5.74) is 7.56. The summed E-state index contributed by atoms with van der Waals surface area (Å²) >= 11 is 1.87. The van der Waals surface area contributed by atoms with Crippen LogP contribution in [0, 0.1) is 0 Å². The minimum absolute atomic E-state index is 1.24. The number of benzene rings is 6. The minimum Gasteiger partial charge on any atom is -0.135 e. The molecule has 7 rings (SSSR count). The van der Waals surface area contributed by atoms with Crippen molar-refractivity contribution in [2.24, 2.45) is 0 Å². The molecule has 188 valence electrons. The number of hydrogen-bond donors (Lipinski definition) is 0.